The highest BCUT2D eigenvalue weighted by Crippen LogP contribution is 2.03. The van der Waals surface area contributed by atoms with Crippen LogP contribution in [0.25, 0.3) is 0 Å². The number of amides is 4. The lowest BCUT2D eigenvalue weighted by atomic mass is 10.1. The minimum absolute atomic E-state index is 0.107. The number of hydrogen-bond donors (Lipinski definition) is 9. The van der Waals surface area contributed by atoms with Crippen LogP contribution in [0.5, 0.6) is 0 Å². The molecule has 0 aliphatic carbocycles. The number of rotatable bonds is 13. The SMILES string of the molecule is CC(O)C(NC(=O)C(NC(=O)C(NC(=O)C(N)CCC(N)=O)C(C)O)C(C)O)C(=O)O. The summed E-state index contributed by atoms with van der Waals surface area (Å²) in [5.41, 5.74) is 10.6. The van der Waals surface area contributed by atoms with Crippen LogP contribution in [-0.2, 0) is 24.0 Å². The second kappa shape index (κ2) is 12.8. The highest BCUT2D eigenvalue weighted by Gasteiger charge is 2.35. The second-order valence-electron chi connectivity index (χ2n) is 7.13. The average molecular weight is 449 g/mol. The highest BCUT2D eigenvalue weighted by atomic mass is 16.4. The Morgan fingerprint density at radius 2 is 1.10 bits per heavy atom. The molecular formula is C17H31N5O9. The van der Waals surface area contributed by atoms with E-state index in [1.54, 1.807) is 0 Å². The van der Waals surface area contributed by atoms with Gasteiger partial charge in [-0.15, -0.1) is 0 Å². The fourth-order valence-electron chi connectivity index (χ4n) is 2.37. The Labute approximate surface area is 178 Å². The van der Waals surface area contributed by atoms with Crippen LogP contribution in [0, 0.1) is 0 Å². The number of aliphatic hydroxyl groups excluding tert-OH is 3. The van der Waals surface area contributed by atoms with Gasteiger partial charge in [-0.2, -0.15) is 0 Å². The van der Waals surface area contributed by atoms with Crippen LogP contribution in [0.4, 0.5) is 0 Å². The van der Waals surface area contributed by atoms with Crippen molar-refractivity contribution in [3.05, 3.63) is 0 Å². The molecule has 0 rings (SSSR count). The first-order valence-corrected chi connectivity index (χ1v) is 9.41. The summed E-state index contributed by atoms with van der Waals surface area (Å²) in [6.45, 7) is 3.43. The number of carboxylic acid groups (broad SMARTS) is 1. The van der Waals surface area contributed by atoms with E-state index in [0.717, 1.165) is 13.8 Å². The number of carbonyl (C=O) groups is 5. The van der Waals surface area contributed by atoms with Crippen molar-refractivity contribution >= 4 is 29.6 Å². The van der Waals surface area contributed by atoms with E-state index in [-0.39, 0.29) is 12.8 Å². The van der Waals surface area contributed by atoms with Gasteiger partial charge in [0, 0.05) is 6.42 Å². The predicted molar refractivity (Wildman–Crippen MR) is 105 cm³/mol. The lowest BCUT2D eigenvalue weighted by Crippen LogP contribution is -2.62. The van der Waals surface area contributed by atoms with E-state index in [2.05, 4.69) is 10.6 Å². The molecule has 0 aromatic heterocycles. The zero-order valence-electron chi connectivity index (χ0n) is 17.4. The third-order valence-corrected chi connectivity index (χ3v) is 4.21. The number of aliphatic carboxylic acids is 1. The van der Waals surface area contributed by atoms with Crippen molar-refractivity contribution in [1.82, 2.24) is 16.0 Å². The molecule has 31 heavy (non-hydrogen) atoms. The molecule has 0 aliphatic heterocycles. The van der Waals surface area contributed by atoms with E-state index in [9.17, 15) is 39.3 Å². The van der Waals surface area contributed by atoms with Crippen molar-refractivity contribution in [2.45, 2.75) is 76.1 Å². The van der Waals surface area contributed by atoms with E-state index in [0.29, 0.717) is 0 Å². The lowest BCUT2D eigenvalue weighted by molar-refractivity contribution is -0.146. The van der Waals surface area contributed by atoms with Gasteiger partial charge in [-0.05, 0) is 27.2 Å². The number of nitrogens with two attached hydrogens (primary N) is 2. The van der Waals surface area contributed by atoms with E-state index >= 15 is 0 Å². The number of aliphatic hydroxyl groups is 3. The van der Waals surface area contributed by atoms with E-state index in [1.807, 2.05) is 5.32 Å². The zero-order chi connectivity index (χ0) is 24.5. The predicted octanol–water partition coefficient (Wildman–Crippen LogP) is -4.74. The topological polar surface area (TPSA) is 254 Å². The summed E-state index contributed by atoms with van der Waals surface area (Å²) in [7, 11) is 0. The molecule has 0 saturated heterocycles. The van der Waals surface area contributed by atoms with Gasteiger partial charge in [0.1, 0.15) is 12.1 Å². The Kier molecular flexibility index (Phi) is 11.6. The summed E-state index contributed by atoms with van der Waals surface area (Å²) >= 11 is 0. The Morgan fingerprint density at radius 3 is 1.42 bits per heavy atom. The van der Waals surface area contributed by atoms with Crippen molar-refractivity contribution in [3.8, 4) is 0 Å². The van der Waals surface area contributed by atoms with Crippen molar-refractivity contribution in [2.75, 3.05) is 0 Å². The van der Waals surface area contributed by atoms with Crippen LogP contribution in [0.3, 0.4) is 0 Å². The van der Waals surface area contributed by atoms with Gasteiger partial charge in [-0.3, -0.25) is 19.2 Å². The maximum atomic E-state index is 12.5. The summed E-state index contributed by atoms with van der Waals surface area (Å²) < 4.78 is 0. The molecular weight excluding hydrogens is 418 g/mol. The van der Waals surface area contributed by atoms with E-state index < -0.39 is 72.1 Å². The smallest absolute Gasteiger partial charge is 0.328 e. The van der Waals surface area contributed by atoms with Gasteiger partial charge in [0.15, 0.2) is 6.04 Å². The lowest BCUT2D eigenvalue weighted by Gasteiger charge is -2.28. The van der Waals surface area contributed by atoms with Crippen LogP contribution >= 0.6 is 0 Å². The highest BCUT2D eigenvalue weighted by molar-refractivity contribution is 5.94. The maximum absolute atomic E-state index is 12.5. The molecule has 14 nitrogen and oxygen atoms in total. The molecule has 0 aromatic rings. The van der Waals surface area contributed by atoms with Crippen LogP contribution in [-0.4, -0.2) is 92.5 Å². The van der Waals surface area contributed by atoms with Crippen molar-refractivity contribution in [3.63, 3.8) is 0 Å². The quantitative estimate of drug-likeness (QED) is 0.130. The van der Waals surface area contributed by atoms with Gasteiger partial charge in [-0.25, -0.2) is 4.79 Å². The Morgan fingerprint density at radius 1 is 0.742 bits per heavy atom. The molecule has 0 radical (unpaired) electrons. The largest absolute Gasteiger partial charge is 0.480 e. The first kappa shape index (κ1) is 28.2. The van der Waals surface area contributed by atoms with Crippen molar-refractivity contribution < 1.29 is 44.4 Å². The molecule has 0 saturated carbocycles. The summed E-state index contributed by atoms with van der Waals surface area (Å²) in [5.74, 6) is -5.30. The Balaban J connectivity index is 5.31. The summed E-state index contributed by atoms with van der Waals surface area (Å²) in [4.78, 5) is 58.9. The monoisotopic (exact) mass is 449 g/mol. The Bertz CT molecular complexity index is 668. The molecule has 14 heteroatoms. The van der Waals surface area contributed by atoms with Crippen LogP contribution in [0.1, 0.15) is 33.6 Å². The summed E-state index contributed by atoms with van der Waals surface area (Å²) in [6, 6.07) is -6.18. The van der Waals surface area contributed by atoms with Gasteiger partial charge >= 0.3 is 5.97 Å². The molecule has 0 bridgehead atoms. The maximum Gasteiger partial charge on any atom is 0.328 e. The van der Waals surface area contributed by atoms with Gasteiger partial charge in [0.05, 0.1) is 24.4 Å². The molecule has 0 aliphatic rings. The Hall–Kier alpha value is -2.81. The first-order chi connectivity index (χ1) is 14.2. The standard InChI is InChI=1S/C17H31N5O9/c1-6(23)11(20-14(27)9(18)4-5-10(19)26)15(28)21-12(7(2)24)16(29)22-13(8(3)25)17(30)31/h6-9,11-13,23-25H,4-5,18H2,1-3H3,(H2,19,26)(H,20,27)(H,21,28)(H,22,29)(H,30,31). The molecule has 0 fully saturated rings. The normalized spacial score (nSPS) is 17.8. The average Bonchev–Trinajstić information content (AvgIpc) is 2.64. The van der Waals surface area contributed by atoms with E-state index in [1.165, 1.54) is 6.92 Å². The van der Waals surface area contributed by atoms with E-state index in [4.69, 9.17) is 16.6 Å². The van der Waals surface area contributed by atoms with Crippen LogP contribution < -0.4 is 27.4 Å². The fourth-order valence-corrected chi connectivity index (χ4v) is 2.37. The molecule has 7 unspecified atom stereocenters. The molecule has 178 valence electrons. The van der Waals surface area contributed by atoms with Gasteiger partial charge in [-0.1, -0.05) is 0 Å². The minimum Gasteiger partial charge on any atom is -0.480 e. The van der Waals surface area contributed by atoms with Crippen LogP contribution in [0.15, 0.2) is 0 Å². The molecule has 0 spiro atoms. The third-order valence-electron chi connectivity index (χ3n) is 4.21. The number of carbonyl (C=O) groups excluding carboxylic acids is 4. The minimum atomic E-state index is -1.71. The number of nitrogens with one attached hydrogen (secondary N) is 3. The number of carboxylic acids is 1. The fraction of sp³-hybridized carbons (Fsp3) is 0.706. The summed E-state index contributed by atoms with van der Waals surface area (Å²) in [6.07, 6.45) is -4.72. The number of primary amides is 1. The zero-order valence-corrected chi connectivity index (χ0v) is 17.4. The van der Waals surface area contributed by atoms with Crippen molar-refractivity contribution in [2.24, 2.45) is 11.5 Å². The molecule has 0 aromatic carbocycles. The first-order valence-electron chi connectivity index (χ1n) is 9.41. The second-order valence-corrected chi connectivity index (χ2v) is 7.13. The molecule has 7 atom stereocenters. The summed E-state index contributed by atoms with van der Waals surface area (Å²) in [5, 5.41) is 44.4. The number of hydrogen-bond acceptors (Lipinski definition) is 9. The molecule has 11 N–H and O–H groups in total. The van der Waals surface area contributed by atoms with Gasteiger partial charge in [0.25, 0.3) is 0 Å². The third kappa shape index (κ3) is 9.69. The van der Waals surface area contributed by atoms with Gasteiger partial charge < -0.3 is 47.8 Å². The molecule has 0 heterocycles. The molecule has 4 amide bonds. The van der Waals surface area contributed by atoms with Crippen molar-refractivity contribution in [1.29, 1.82) is 0 Å². The van der Waals surface area contributed by atoms with Gasteiger partial charge in [0.2, 0.25) is 23.6 Å². The van der Waals surface area contributed by atoms with Crippen LogP contribution in [0.2, 0.25) is 0 Å².